The molecular weight excluding hydrogens is 178 g/mol. The van der Waals surface area contributed by atoms with Crippen molar-refractivity contribution in [2.45, 2.75) is 33.3 Å². The minimum atomic E-state index is -1.24. The largest absolute Gasteiger partial charge is 0.456 e. The summed E-state index contributed by atoms with van der Waals surface area (Å²) in [5.74, 6) is -0.546. The quantitative estimate of drug-likeness (QED) is 0.627. The molecule has 78 valence electrons. The van der Waals surface area contributed by atoms with Gasteiger partial charge in [-0.3, -0.25) is 4.79 Å². The Kier molecular flexibility index (Phi) is 4.88. The predicted molar refractivity (Wildman–Crippen MR) is 45.9 cm³/mol. The number of hydrogen-bond donors (Lipinski definition) is 0. The number of halogens is 2. The summed E-state index contributed by atoms with van der Waals surface area (Å²) in [5, 5.41) is 0. The van der Waals surface area contributed by atoms with Gasteiger partial charge in [-0.25, -0.2) is 8.78 Å². The van der Waals surface area contributed by atoms with Crippen molar-refractivity contribution in [3.05, 3.63) is 0 Å². The van der Waals surface area contributed by atoms with E-state index in [0.29, 0.717) is 6.42 Å². The maximum Gasteiger partial charge on any atom is 0.311 e. The molecule has 0 saturated carbocycles. The standard InChI is InChI=1S/C9H16F2O2/c1-4-9(2,3)8(12)13-7(5-10)6-11/h7H,4-6H2,1-3H3. The van der Waals surface area contributed by atoms with Gasteiger partial charge in [0.15, 0.2) is 6.10 Å². The lowest BCUT2D eigenvalue weighted by Crippen LogP contribution is -2.32. The zero-order valence-corrected chi connectivity index (χ0v) is 8.27. The third kappa shape index (κ3) is 3.70. The molecule has 0 bridgehead atoms. The summed E-state index contributed by atoms with van der Waals surface area (Å²) in [4.78, 5) is 11.3. The van der Waals surface area contributed by atoms with Crippen molar-refractivity contribution in [3.63, 3.8) is 0 Å². The number of carbonyl (C=O) groups excluding carboxylic acids is 1. The van der Waals surface area contributed by atoms with Crippen LogP contribution in [0.5, 0.6) is 0 Å². The Morgan fingerprint density at radius 1 is 1.38 bits per heavy atom. The SMILES string of the molecule is CCC(C)(C)C(=O)OC(CF)CF. The normalized spacial score (nSPS) is 11.8. The Hall–Kier alpha value is -0.670. The van der Waals surface area contributed by atoms with Crippen molar-refractivity contribution in [3.8, 4) is 0 Å². The average Bonchev–Trinajstić information content (AvgIpc) is 2.13. The highest BCUT2D eigenvalue weighted by molar-refractivity contribution is 5.75. The molecular formula is C9H16F2O2. The minimum absolute atomic E-state index is 0.546. The van der Waals surface area contributed by atoms with Crippen LogP contribution >= 0.6 is 0 Å². The first-order chi connectivity index (χ1) is 5.97. The van der Waals surface area contributed by atoms with E-state index in [1.165, 1.54) is 0 Å². The maximum absolute atomic E-state index is 12.0. The highest BCUT2D eigenvalue weighted by atomic mass is 19.1. The van der Waals surface area contributed by atoms with Gasteiger partial charge in [-0.2, -0.15) is 0 Å². The summed E-state index contributed by atoms with van der Waals surface area (Å²) >= 11 is 0. The van der Waals surface area contributed by atoms with Crippen LogP contribution in [-0.4, -0.2) is 25.4 Å². The first kappa shape index (κ1) is 12.3. The molecule has 13 heavy (non-hydrogen) atoms. The number of rotatable bonds is 5. The van der Waals surface area contributed by atoms with Crippen LogP contribution in [0.2, 0.25) is 0 Å². The molecule has 0 aromatic rings. The van der Waals surface area contributed by atoms with Gasteiger partial charge < -0.3 is 4.74 Å². The van der Waals surface area contributed by atoms with Crippen molar-refractivity contribution < 1.29 is 18.3 Å². The number of alkyl halides is 2. The van der Waals surface area contributed by atoms with E-state index in [2.05, 4.69) is 4.74 Å². The minimum Gasteiger partial charge on any atom is -0.456 e. The van der Waals surface area contributed by atoms with Gasteiger partial charge in [0.05, 0.1) is 5.41 Å². The van der Waals surface area contributed by atoms with Gasteiger partial charge in [-0.15, -0.1) is 0 Å². The Balaban J connectivity index is 4.13. The summed E-state index contributed by atoms with van der Waals surface area (Å²) in [6.45, 7) is 3.25. The Morgan fingerprint density at radius 2 is 1.85 bits per heavy atom. The van der Waals surface area contributed by atoms with Crippen LogP contribution in [-0.2, 0) is 9.53 Å². The number of ether oxygens (including phenoxy) is 1. The van der Waals surface area contributed by atoms with Gasteiger partial charge >= 0.3 is 5.97 Å². The zero-order valence-electron chi connectivity index (χ0n) is 8.27. The van der Waals surface area contributed by atoms with E-state index < -0.39 is 30.8 Å². The molecule has 0 rings (SSSR count). The molecule has 0 aromatic heterocycles. The van der Waals surface area contributed by atoms with E-state index in [1.54, 1.807) is 13.8 Å². The van der Waals surface area contributed by atoms with E-state index >= 15 is 0 Å². The van der Waals surface area contributed by atoms with Gasteiger partial charge in [0.25, 0.3) is 0 Å². The Labute approximate surface area is 77.3 Å². The molecule has 0 saturated heterocycles. The maximum atomic E-state index is 12.0. The van der Waals surface area contributed by atoms with Crippen LogP contribution in [0.4, 0.5) is 8.78 Å². The first-order valence-electron chi connectivity index (χ1n) is 4.31. The van der Waals surface area contributed by atoms with Crippen molar-refractivity contribution in [1.82, 2.24) is 0 Å². The third-order valence-electron chi connectivity index (χ3n) is 2.05. The molecule has 0 atom stereocenters. The molecule has 0 radical (unpaired) electrons. The number of esters is 1. The number of hydrogen-bond acceptors (Lipinski definition) is 2. The summed E-state index contributed by atoms with van der Waals surface area (Å²) in [6, 6.07) is 0. The summed E-state index contributed by atoms with van der Waals surface area (Å²) in [7, 11) is 0. The molecule has 4 heteroatoms. The van der Waals surface area contributed by atoms with Gasteiger partial charge in [0.1, 0.15) is 13.3 Å². The van der Waals surface area contributed by atoms with E-state index in [9.17, 15) is 13.6 Å². The lowest BCUT2D eigenvalue weighted by atomic mass is 9.91. The molecule has 0 aliphatic heterocycles. The van der Waals surface area contributed by atoms with Crippen LogP contribution in [0.15, 0.2) is 0 Å². The lowest BCUT2D eigenvalue weighted by molar-refractivity contribution is -0.161. The second-order valence-corrected chi connectivity index (χ2v) is 3.57. The smallest absolute Gasteiger partial charge is 0.311 e. The first-order valence-corrected chi connectivity index (χ1v) is 4.31. The molecule has 0 N–H and O–H groups in total. The Bertz CT molecular complexity index is 165. The Morgan fingerprint density at radius 3 is 2.15 bits per heavy atom. The second kappa shape index (κ2) is 5.14. The van der Waals surface area contributed by atoms with Crippen molar-refractivity contribution in [2.24, 2.45) is 5.41 Å². The van der Waals surface area contributed by atoms with Crippen LogP contribution in [0.3, 0.4) is 0 Å². The molecule has 0 aromatic carbocycles. The molecule has 2 nitrogen and oxygen atoms in total. The zero-order chi connectivity index (χ0) is 10.5. The predicted octanol–water partition coefficient (Wildman–Crippen LogP) is 2.27. The summed E-state index contributed by atoms with van der Waals surface area (Å²) in [5.41, 5.74) is -0.664. The topological polar surface area (TPSA) is 26.3 Å². The van der Waals surface area contributed by atoms with Crippen LogP contribution in [0, 0.1) is 5.41 Å². The van der Waals surface area contributed by atoms with Gasteiger partial charge in [-0.1, -0.05) is 6.92 Å². The molecule has 0 aliphatic rings. The van der Waals surface area contributed by atoms with E-state index in [-0.39, 0.29) is 0 Å². The highest BCUT2D eigenvalue weighted by Gasteiger charge is 2.29. The van der Waals surface area contributed by atoms with Crippen molar-refractivity contribution in [2.75, 3.05) is 13.3 Å². The van der Waals surface area contributed by atoms with Crippen LogP contribution < -0.4 is 0 Å². The molecule has 0 fully saturated rings. The van der Waals surface area contributed by atoms with Gasteiger partial charge in [-0.05, 0) is 20.3 Å². The highest BCUT2D eigenvalue weighted by Crippen LogP contribution is 2.22. The summed E-state index contributed by atoms with van der Waals surface area (Å²) in [6.07, 6.45) is -0.657. The molecule has 0 amide bonds. The third-order valence-corrected chi connectivity index (χ3v) is 2.05. The van der Waals surface area contributed by atoms with Crippen LogP contribution in [0.25, 0.3) is 0 Å². The second-order valence-electron chi connectivity index (χ2n) is 3.57. The van der Waals surface area contributed by atoms with Gasteiger partial charge in [0.2, 0.25) is 0 Å². The van der Waals surface area contributed by atoms with Crippen LogP contribution in [0.1, 0.15) is 27.2 Å². The van der Waals surface area contributed by atoms with E-state index in [1.807, 2.05) is 6.92 Å². The molecule has 0 aliphatic carbocycles. The molecule has 0 unspecified atom stereocenters. The molecule has 0 heterocycles. The van der Waals surface area contributed by atoms with E-state index in [4.69, 9.17) is 0 Å². The fourth-order valence-corrected chi connectivity index (χ4v) is 0.559. The fourth-order valence-electron chi connectivity index (χ4n) is 0.559. The lowest BCUT2D eigenvalue weighted by Gasteiger charge is -2.22. The van der Waals surface area contributed by atoms with Crippen molar-refractivity contribution >= 4 is 5.97 Å². The monoisotopic (exact) mass is 194 g/mol. The fraction of sp³-hybridized carbons (Fsp3) is 0.889. The molecule has 0 spiro atoms. The number of carbonyl (C=O) groups is 1. The summed E-state index contributed by atoms with van der Waals surface area (Å²) < 4.78 is 28.6. The van der Waals surface area contributed by atoms with Gasteiger partial charge in [0, 0.05) is 0 Å². The van der Waals surface area contributed by atoms with Crippen molar-refractivity contribution in [1.29, 1.82) is 0 Å². The van der Waals surface area contributed by atoms with E-state index in [0.717, 1.165) is 0 Å². The average molecular weight is 194 g/mol.